The van der Waals surface area contributed by atoms with Gasteiger partial charge >= 0.3 is 0 Å². The van der Waals surface area contributed by atoms with E-state index in [0.717, 1.165) is 29.5 Å². The summed E-state index contributed by atoms with van der Waals surface area (Å²) in [5.74, 6) is 0.930. The van der Waals surface area contributed by atoms with Crippen LogP contribution in [0.4, 0.5) is 0 Å². The van der Waals surface area contributed by atoms with Gasteiger partial charge in [0.15, 0.2) is 0 Å². The summed E-state index contributed by atoms with van der Waals surface area (Å²) < 4.78 is 5.35. The molecule has 0 unspecified atom stereocenters. The molecular weight excluding hydrogens is 212 g/mol. The van der Waals surface area contributed by atoms with Crippen LogP contribution in [0.1, 0.15) is 25.0 Å². The molecule has 3 heteroatoms. The third-order valence-corrected chi connectivity index (χ3v) is 3.68. The van der Waals surface area contributed by atoms with E-state index in [1.54, 1.807) is 7.11 Å². The fourth-order valence-electron chi connectivity index (χ4n) is 2.29. The maximum atomic E-state index is 6.11. The number of ether oxygens (including phenoxy) is 1. The van der Waals surface area contributed by atoms with Gasteiger partial charge < -0.3 is 15.5 Å². The van der Waals surface area contributed by atoms with Crippen LogP contribution in [0.2, 0.25) is 0 Å². The Morgan fingerprint density at radius 3 is 2.94 bits per heavy atom. The van der Waals surface area contributed by atoms with E-state index in [1.807, 2.05) is 12.1 Å². The van der Waals surface area contributed by atoms with Gasteiger partial charge in [0.25, 0.3) is 0 Å². The Bertz CT molecular complexity index is 540. The summed E-state index contributed by atoms with van der Waals surface area (Å²) in [6, 6.07) is 8.26. The van der Waals surface area contributed by atoms with Crippen molar-refractivity contribution in [1.82, 2.24) is 4.98 Å². The Morgan fingerprint density at radius 1 is 1.41 bits per heavy atom. The van der Waals surface area contributed by atoms with Crippen LogP contribution in [0.5, 0.6) is 5.75 Å². The van der Waals surface area contributed by atoms with Crippen LogP contribution in [0.25, 0.3) is 10.9 Å². The number of rotatable bonds is 4. The number of hydrogen-bond acceptors (Lipinski definition) is 2. The highest BCUT2D eigenvalue weighted by atomic mass is 16.5. The lowest BCUT2D eigenvalue weighted by atomic mass is 10.1. The van der Waals surface area contributed by atoms with Gasteiger partial charge in [-0.3, -0.25) is 0 Å². The number of aromatic amines is 1. The van der Waals surface area contributed by atoms with Gasteiger partial charge in [-0.2, -0.15) is 0 Å². The number of aromatic nitrogens is 1. The third-order valence-electron chi connectivity index (χ3n) is 3.68. The summed E-state index contributed by atoms with van der Waals surface area (Å²) in [4.78, 5) is 3.44. The summed E-state index contributed by atoms with van der Waals surface area (Å²) in [5, 5.41) is 1.16. The molecule has 1 aromatic heterocycles. The Hall–Kier alpha value is -1.48. The molecule has 1 fully saturated rings. The zero-order chi connectivity index (χ0) is 11.9. The normalized spacial score (nSPS) is 17.3. The lowest BCUT2D eigenvalue weighted by Gasteiger charge is -2.05. The molecule has 3 nitrogen and oxygen atoms in total. The van der Waals surface area contributed by atoms with Crippen LogP contribution >= 0.6 is 0 Å². The highest BCUT2D eigenvalue weighted by Gasteiger charge is 2.37. The molecule has 1 heterocycles. The minimum Gasteiger partial charge on any atom is -0.496 e. The van der Waals surface area contributed by atoms with Crippen LogP contribution < -0.4 is 10.5 Å². The number of nitrogens with two attached hydrogens (primary N) is 1. The minimum atomic E-state index is 0.126. The predicted octanol–water partition coefficient (Wildman–Crippen LogP) is 2.60. The molecule has 0 bridgehead atoms. The number of fused-ring (bicyclic) bond motifs is 1. The van der Waals surface area contributed by atoms with Crippen molar-refractivity contribution in [2.24, 2.45) is 5.73 Å². The van der Waals surface area contributed by atoms with Crippen molar-refractivity contribution < 1.29 is 4.74 Å². The molecule has 1 aromatic carbocycles. The van der Waals surface area contributed by atoms with Crippen molar-refractivity contribution in [2.45, 2.75) is 31.2 Å². The fraction of sp³-hybridized carbons (Fsp3) is 0.429. The molecule has 17 heavy (non-hydrogen) atoms. The first-order valence-corrected chi connectivity index (χ1v) is 6.14. The van der Waals surface area contributed by atoms with E-state index in [-0.39, 0.29) is 5.54 Å². The molecule has 1 aliphatic carbocycles. The van der Waals surface area contributed by atoms with Crippen LogP contribution in [0.15, 0.2) is 24.3 Å². The Balaban J connectivity index is 1.85. The third kappa shape index (κ3) is 2.03. The van der Waals surface area contributed by atoms with Crippen molar-refractivity contribution in [1.29, 1.82) is 0 Å². The Morgan fingerprint density at radius 2 is 2.24 bits per heavy atom. The summed E-state index contributed by atoms with van der Waals surface area (Å²) in [5.41, 5.74) is 8.62. The maximum Gasteiger partial charge on any atom is 0.128 e. The van der Waals surface area contributed by atoms with E-state index < -0.39 is 0 Å². The average Bonchev–Trinajstić information content (AvgIpc) is 2.92. The second-order valence-electron chi connectivity index (χ2n) is 5.08. The summed E-state index contributed by atoms with van der Waals surface area (Å²) in [6.07, 6.45) is 4.45. The van der Waals surface area contributed by atoms with Crippen molar-refractivity contribution in [3.8, 4) is 5.75 Å². The van der Waals surface area contributed by atoms with Gasteiger partial charge in [-0.25, -0.2) is 0 Å². The summed E-state index contributed by atoms with van der Waals surface area (Å²) in [7, 11) is 1.71. The molecule has 0 spiro atoms. The average molecular weight is 230 g/mol. The molecule has 3 N–H and O–H groups in total. The van der Waals surface area contributed by atoms with Crippen molar-refractivity contribution in [3.05, 3.63) is 30.0 Å². The second-order valence-corrected chi connectivity index (χ2v) is 5.08. The van der Waals surface area contributed by atoms with Gasteiger partial charge in [-0.15, -0.1) is 0 Å². The van der Waals surface area contributed by atoms with E-state index >= 15 is 0 Å². The molecule has 1 saturated carbocycles. The first-order chi connectivity index (χ1) is 8.20. The largest absolute Gasteiger partial charge is 0.496 e. The van der Waals surface area contributed by atoms with Crippen molar-refractivity contribution in [2.75, 3.05) is 7.11 Å². The van der Waals surface area contributed by atoms with E-state index in [4.69, 9.17) is 10.5 Å². The molecule has 0 atom stereocenters. The van der Waals surface area contributed by atoms with E-state index in [1.165, 1.54) is 18.5 Å². The minimum absolute atomic E-state index is 0.126. The predicted molar refractivity (Wildman–Crippen MR) is 69.3 cm³/mol. The molecular formula is C14H18N2O. The lowest BCUT2D eigenvalue weighted by molar-refractivity contribution is 0.420. The molecule has 0 radical (unpaired) electrons. The van der Waals surface area contributed by atoms with Crippen molar-refractivity contribution >= 4 is 10.9 Å². The standard InChI is InChI=1S/C14H18N2O/c1-17-13-4-2-3-12-11(13)9-10(16-12)5-6-14(15)7-8-14/h2-4,9,16H,5-8,15H2,1H3. The summed E-state index contributed by atoms with van der Waals surface area (Å²) >= 11 is 0. The maximum absolute atomic E-state index is 6.11. The van der Waals surface area contributed by atoms with Gasteiger partial charge in [-0.1, -0.05) is 6.07 Å². The highest BCUT2D eigenvalue weighted by Crippen LogP contribution is 2.37. The Kier molecular flexibility index (Phi) is 2.37. The second kappa shape index (κ2) is 3.77. The Labute approximate surface area is 101 Å². The topological polar surface area (TPSA) is 51.0 Å². The van der Waals surface area contributed by atoms with Gasteiger partial charge in [0, 0.05) is 22.1 Å². The number of aryl methyl sites for hydroxylation is 1. The van der Waals surface area contributed by atoms with Crippen molar-refractivity contribution in [3.63, 3.8) is 0 Å². The SMILES string of the molecule is COc1cccc2[nH]c(CCC3(N)CC3)cc12. The molecule has 3 rings (SSSR count). The van der Waals surface area contributed by atoms with E-state index in [9.17, 15) is 0 Å². The van der Waals surface area contributed by atoms with Crippen LogP contribution in [0, 0.1) is 0 Å². The zero-order valence-corrected chi connectivity index (χ0v) is 10.1. The lowest BCUT2D eigenvalue weighted by Crippen LogP contribution is -2.22. The van der Waals surface area contributed by atoms with E-state index in [0.29, 0.717) is 0 Å². The fourth-order valence-corrected chi connectivity index (χ4v) is 2.29. The smallest absolute Gasteiger partial charge is 0.128 e. The molecule has 1 aliphatic rings. The number of benzene rings is 1. The molecule has 0 saturated heterocycles. The van der Waals surface area contributed by atoms with Crippen LogP contribution in [-0.4, -0.2) is 17.6 Å². The first kappa shape index (κ1) is 10.7. The first-order valence-electron chi connectivity index (χ1n) is 6.14. The van der Waals surface area contributed by atoms with E-state index in [2.05, 4.69) is 17.1 Å². The zero-order valence-electron chi connectivity index (χ0n) is 10.1. The number of methoxy groups -OCH3 is 1. The van der Waals surface area contributed by atoms with Gasteiger partial charge in [0.05, 0.1) is 7.11 Å². The number of hydrogen-bond donors (Lipinski definition) is 2. The van der Waals surface area contributed by atoms with Gasteiger partial charge in [0.2, 0.25) is 0 Å². The number of nitrogens with one attached hydrogen (secondary N) is 1. The summed E-state index contributed by atoms with van der Waals surface area (Å²) in [6.45, 7) is 0. The molecule has 0 aliphatic heterocycles. The van der Waals surface area contributed by atoms with Crippen LogP contribution in [-0.2, 0) is 6.42 Å². The molecule has 90 valence electrons. The van der Waals surface area contributed by atoms with Crippen LogP contribution in [0.3, 0.4) is 0 Å². The molecule has 2 aromatic rings. The molecule has 0 amide bonds. The highest BCUT2D eigenvalue weighted by molar-refractivity contribution is 5.86. The monoisotopic (exact) mass is 230 g/mol. The quantitative estimate of drug-likeness (QED) is 0.848. The van der Waals surface area contributed by atoms with Gasteiger partial charge in [-0.05, 0) is 43.9 Å². The van der Waals surface area contributed by atoms with Gasteiger partial charge in [0.1, 0.15) is 5.75 Å². The number of H-pyrrole nitrogens is 1.